The van der Waals surface area contributed by atoms with Crippen molar-refractivity contribution in [3.05, 3.63) is 370 Å². The first kappa shape index (κ1) is 85.9. The number of allylic oxidation sites excluding steroid dienone is 6. The normalized spacial score (nSPS) is 13.3. The van der Waals surface area contributed by atoms with E-state index >= 15 is 0 Å². The summed E-state index contributed by atoms with van der Waals surface area (Å²) in [7, 11) is 0. The average Bonchev–Trinajstić information content (AvgIpc) is 1.55. The summed E-state index contributed by atoms with van der Waals surface area (Å²) in [6, 6.07) is 43.8. The van der Waals surface area contributed by atoms with Crippen LogP contribution in [0.4, 0.5) is 48.3 Å². The third-order valence-corrected chi connectivity index (χ3v) is 21.7. The smallest absolute Gasteiger partial charge is 0.405 e. The average molecular weight is 1680 g/mol. The number of halogens is 11. The molecule has 9 aromatic rings. The van der Waals surface area contributed by atoms with Crippen LogP contribution in [-0.2, 0) is 52.7 Å². The molecular weight excluding hydrogens is 1630 g/mol. The van der Waals surface area contributed by atoms with Gasteiger partial charge < -0.3 is 14.2 Å². The highest BCUT2D eigenvalue weighted by atomic mass is 19.4. The van der Waals surface area contributed by atoms with Gasteiger partial charge in [-0.05, 0) is 245 Å². The van der Waals surface area contributed by atoms with Crippen molar-refractivity contribution >= 4 is 34.0 Å². The molecular formula is C96H45F11N16O3. The molecule has 6 aliphatic rings. The van der Waals surface area contributed by atoms with Gasteiger partial charge in [0.2, 0.25) is 0 Å². The summed E-state index contributed by atoms with van der Waals surface area (Å²) in [5, 5.41) is 78.6. The van der Waals surface area contributed by atoms with Crippen molar-refractivity contribution in [2.45, 2.75) is 78.4 Å². The molecule has 15 rings (SSSR count). The van der Waals surface area contributed by atoms with Gasteiger partial charge in [0.15, 0.2) is 0 Å². The van der Waals surface area contributed by atoms with Gasteiger partial charge in [0, 0.05) is 76.4 Å². The van der Waals surface area contributed by atoms with Gasteiger partial charge in [-0.2, -0.15) is 71.2 Å². The summed E-state index contributed by atoms with van der Waals surface area (Å²) < 4.78 is 167. The lowest BCUT2D eigenvalue weighted by Gasteiger charge is -2.17. The van der Waals surface area contributed by atoms with Gasteiger partial charge in [0.25, 0.3) is 0 Å². The molecule has 0 amide bonds. The van der Waals surface area contributed by atoms with E-state index in [-0.39, 0.29) is 99.5 Å². The molecule has 0 bridgehead atoms. The standard InChI is InChI=1S/C34H15F3N6O.C32H15F5N4O.C30H15F3N6O/c1-18-24(33(42-2)43-3)12-26-28(18)29(21-8-4-19(14-38)5-9-21)27-13-25(23(16-40)17-41)32(44-34(35,36)37)31(27)30(26)22-10-6-20(15-39)7-11-22;1-16-22(31(40-2)41-3)12-24-26(16)27(17-4-8-20(33)9-5-17)25-13-23(19(14-38)15-39)30(42-32(35,36)37)29(25)28(24)18-6-10-21(34)11-7-18;1-16-20(29(36-2)37-3)12-22-24(16)25(17-4-8-38-9-5-17)23-13-21(19(14-34)15-35)28(40-30(31,32)33)27(23)26(22)18-6-10-39-11-7-18/h4-11H,12-13H2,1H3;4-11H,12-13H2,1H3;4-11H,12-13H2,1H3. The zero-order valence-corrected chi connectivity index (χ0v) is 65.1. The van der Waals surface area contributed by atoms with Crippen molar-refractivity contribution in [3.63, 3.8) is 0 Å². The minimum absolute atomic E-state index is 0.0167. The molecule has 0 N–H and O–H groups in total. The van der Waals surface area contributed by atoms with E-state index < -0.39 is 64.7 Å². The number of benzene rings is 7. The molecule has 604 valence electrons. The monoisotopic (exact) mass is 1680 g/mol. The Hall–Kier alpha value is -18.0. The Labute approximate surface area is 708 Å². The Kier molecular flexibility index (Phi) is 23.4. The van der Waals surface area contributed by atoms with Gasteiger partial charge in [-0.3, -0.25) is 9.97 Å². The van der Waals surface area contributed by atoms with Crippen LogP contribution in [0.2, 0.25) is 0 Å². The highest BCUT2D eigenvalue weighted by Gasteiger charge is 2.45. The van der Waals surface area contributed by atoms with E-state index in [4.69, 9.17) is 39.4 Å². The Morgan fingerprint density at radius 1 is 0.302 bits per heavy atom. The number of rotatable bonds is 9. The fourth-order valence-electron chi connectivity index (χ4n) is 16.8. The molecule has 0 atom stereocenters. The summed E-state index contributed by atoms with van der Waals surface area (Å²) in [6.07, 6.45) is -10.00. The van der Waals surface area contributed by atoms with Gasteiger partial charge in [-0.1, -0.05) is 48.5 Å². The van der Waals surface area contributed by atoms with Gasteiger partial charge >= 0.3 is 36.5 Å². The molecule has 2 aromatic heterocycles. The lowest BCUT2D eigenvalue weighted by molar-refractivity contribution is -0.291. The number of ether oxygens (including phenoxy) is 3. The first-order chi connectivity index (χ1) is 60.4. The van der Waals surface area contributed by atoms with E-state index in [0.717, 1.165) is 12.1 Å². The van der Waals surface area contributed by atoms with Crippen LogP contribution in [0, 0.1) is 142 Å². The first-order valence-corrected chi connectivity index (χ1v) is 36.8. The van der Waals surface area contributed by atoms with Crippen molar-refractivity contribution < 1.29 is 62.5 Å². The SMILES string of the molecule is [C-]#[N+]C([N+]#[C-])=C1Cc2c(-c3ccc(C#N)cc3)c3c(c(-c4ccc(C#N)cc4)c2=C1C)CC(=C(C#N)C#N)C=3OC(F)(F)F.[C-]#[N+]C([N+]#[C-])=C1Cc2c(-c3ccc(F)cc3)c3c(c(-c4ccc(F)cc4)c2=C1C)CC(=C(C#N)C#N)C=3OC(F)(F)F.[C-]#[N+]C([N+]#[C-])=C1Cc2c(-c3ccncc3)c3c(c(-c4ccncc4)c2=C1C)CC(=C(C#N)C#N)C=3OC(F)(F)F. The summed E-state index contributed by atoms with van der Waals surface area (Å²) in [5.41, 5.74) is 9.28. The fourth-order valence-corrected chi connectivity index (χ4v) is 16.8. The highest BCUT2D eigenvalue weighted by molar-refractivity contribution is 5.95. The Morgan fingerprint density at radius 2 is 0.500 bits per heavy atom. The van der Waals surface area contributed by atoms with E-state index in [0.29, 0.717) is 149 Å². The van der Waals surface area contributed by atoms with Crippen molar-refractivity contribution in [1.82, 2.24) is 9.97 Å². The number of pyridine rings is 2. The van der Waals surface area contributed by atoms with Crippen molar-refractivity contribution in [2.24, 2.45) is 0 Å². The van der Waals surface area contributed by atoms with E-state index in [1.165, 1.54) is 60.9 Å². The molecule has 0 fully saturated rings. The lowest BCUT2D eigenvalue weighted by Crippen LogP contribution is -2.26. The summed E-state index contributed by atoms with van der Waals surface area (Å²) in [6.45, 7) is 50.5. The Morgan fingerprint density at radius 3 is 0.706 bits per heavy atom. The molecule has 0 saturated carbocycles. The third-order valence-electron chi connectivity index (χ3n) is 21.7. The van der Waals surface area contributed by atoms with Gasteiger partial charge in [0.05, 0.1) is 40.0 Å². The first-order valence-electron chi connectivity index (χ1n) is 36.8. The van der Waals surface area contributed by atoms with E-state index in [1.54, 1.807) is 130 Å². The molecule has 7 aromatic carbocycles. The maximum Gasteiger partial charge on any atom is 0.573 e. The Balaban J connectivity index is 0.000000162. The van der Waals surface area contributed by atoms with Crippen LogP contribution in [0.1, 0.15) is 65.3 Å². The molecule has 0 saturated heterocycles. The number of nitrogens with zero attached hydrogens (tertiary/aromatic N) is 16. The topological polar surface area (TPSA) is 270 Å². The van der Waals surface area contributed by atoms with Crippen LogP contribution < -0.4 is 31.3 Å². The Bertz CT molecular complexity index is 7570. The molecule has 126 heavy (non-hydrogen) atoms. The number of hydrogen-bond donors (Lipinski definition) is 0. The van der Waals surface area contributed by atoms with Gasteiger partial charge in [0.1, 0.15) is 121 Å². The maximum atomic E-state index is 14.0. The zero-order chi connectivity index (χ0) is 90.7. The quantitative estimate of drug-likeness (QED) is 0.0740. The maximum absolute atomic E-state index is 14.0. The lowest BCUT2D eigenvalue weighted by atomic mass is 9.86. The molecule has 30 heteroatoms. The predicted molar refractivity (Wildman–Crippen MR) is 431 cm³/mol. The molecule has 19 nitrogen and oxygen atoms in total. The largest absolute Gasteiger partial charge is 0.573 e. The number of aromatic nitrogens is 2. The van der Waals surface area contributed by atoms with Gasteiger partial charge in [-0.15, -0.1) is 39.5 Å². The van der Waals surface area contributed by atoms with Crippen molar-refractivity contribution in [2.75, 3.05) is 0 Å². The predicted octanol–water partition coefficient (Wildman–Crippen LogP) is 17.8. The van der Waals surface area contributed by atoms with Crippen LogP contribution in [-0.4, -0.2) is 29.1 Å². The van der Waals surface area contributed by atoms with Crippen molar-refractivity contribution in [3.8, 4) is 115 Å². The van der Waals surface area contributed by atoms with Crippen LogP contribution in [0.5, 0.6) is 0 Å². The van der Waals surface area contributed by atoms with Crippen LogP contribution in [0.25, 0.3) is 130 Å². The summed E-state index contributed by atoms with van der Waals surface area (Å²) in [5.74, 6) is -3.70. The second-order valence-electron chi connectivity index (χ2n) is 28.1. The van der Waals surface area contributed by atoms with Crippen LogP contribution >= 0.6 is 0 Å². The van der Waals surface area contributed by atoms with Crippen LogP contribution in [0.15, 0.2) is 214 Å². The van der Waals surface area contributed by atoms with E-state index in [1.807, 2.05) is 12.1 Å². The minimum atomic E-state index is -5.21. The molecule has 2 heterocycles. The molecule has 0 radical (unpaired) electrons. The number of alkyl halides is 9. The summed E-state index contributed by atoms with van der Waals surface area (Å²) in [4.78, 5) is 28.4. The molecule has 0 spiro atoms. The fraction of sp³-hybridized carbons (Fsp3) is 0.125. The van der Waals surface area contributed by atoms with Gasteiger partial charge in [-0.25, -0.2) is 8.78 Å². The third kappa shape index (κ3) is 15.7. The number of fused-ring (bicyclic) bond motifs is 6. The number of nitriles is 8. The minimum Gasteiger partial charge on any atom is -0.405 e. The van der Waals surface area contributed by atoms with E-state index in [2.05, 4.69) is 53.2 Å². The second kappa shape index (κ2) is 34.4. The van der Waals surface area contributed by atoms with Crippen molar-refractivity contribution in [1.29, 1.82) is 42.1 Å². The molecule has 6 aliphatic carbocycles. The van der Waals surface area contributed by atoms with Crippen LogP contribution in [0.3, 0.4) is 0 Å². The zero-order valence-electron chi connectivity index (χ0n) is 65.1. The highest BCUT2D eigenvalue weighted by Crippen LogP contribution is 2.47. The molecule has 0 aliphatic heterocycles. The summed E-state index contributed by atoms with van der Waals surface area (Å²) >= 11 is 0. The number of hydrogen-bond acceptors (Lipinski definition) is 13. The second-order valence-corrected chi connectivity index (χ2v) is 28.1. The van der Waals surface area contributed by atoms with E-state index in [9.17, 15) is 90.4 Å². The molecule has 0 unspecified atom stereocenters.